The van der Waals surface area contributed by atoms with Crippen LogP contribution in [0.2, 0.25) is 0 Å². The zero-order chi connectivity index (χ0) is 20.5. The van der Waals surface area contributed by atoms with E-state index in [2.05, 4.69) is 9.89 Å². The Labute approximate surface area is 176 Å². The van der Waals surface area contributed by atoms with E-state index in [4.69, 9.17) is 4.74 Å². The molecule has 0 saturated heterocycles. The molecule has 3 aliphatic rings. The number of carbonyl (C=O) groups is 1. The Morgan fingerprint density at radius 2 is 1.80 bits per heavy atom. The van der Waals surface area contributed by atoms with Gasteiger partial charge in [-0.3, -0.25) is 9.79 Å². The standard InChI is InChI=1S/C25H25FN2O2/c26-21-6-1-17(2-7-21)16-30-24-11-4-18(5-12-24)25(29)28(22-9-10-22)23-8-3-19-14-27-15-20(19)13-23/h1-2,4-7,11-12,15,22-23H,3,8-10,13-14,16H2. The normalized spacial score (nSPS) is 20.2. The van der Waals surface area contributed by atoms with E-state index in [0.717, 1.165) is 44.2 Å². The molecule has 1 aliphatic heterocycles. The molecular weight excluding hydrogens is 379 g/mol. The molecule has 2 aromatic carbocycles. The van der Waals surface area contributed by atoms with Crippen molar-refractivity contribution in [2.75, 3.05) is 6.54 Å². The van der Waals surface area contributed by atoms with Crippen LogP contribution in [-0.4, -0.2) is 35.7 Å². The molecular formula is C25H25FN2O2. The van der Waals surface area contributed by atoms with E-state index >= 15 is 0 Å². The lowest BCUT2D eigenvalue weighted by molar-refractivity contribution is 0.0645. The zero-order valence-electron chi connectivity index (χ0n) is 16.9. The maximum absolute atomic E-state index is 13.3. The lowest BCUT2D eigenvalue weighted by Gasteiger charge is -2.35. The highest BCUT2D eigenvalue weighted by molar-refractivity contribution is 5.95. The molecule has 5 rings (SSSR count). The third-order valence-electron chi connectivity index (χ3n) is 6.21. The summed E-state index contributed by atoms with van der Waals surface area (Å²) >= 11 is 0. The van der Waals surface area contributed by atoms with Gasteiger partial charge in [-0.1, -0.05) is 12.1 Å². The van der Waals surface area contributed by atoms with Gasteiger partial charge in [0.2, 0.25) is 0 Å². The minimum Gasteiger partial charge on any atom is -0.489 e. The molecule has 1 atom stereocenters. The first-order valence-corrected chi connectivity index (χ1v) is 10.7. The van der Waals surface area contributed by atoms with Gasteiger partial charge in [0, 0.05) is 23.9 Å². The molecule has 1 saturated carbocycles. The molecule has 30 heavy (non-hydrogen) atoms. The van der Waals surface area contributed by atoms with Crippen LogP contribution in [-0.2, 0) is 6.61 Å². The maximum Gasteiger partial charge on any atom is 0.254 e. The fourth-order valence-electron chi connectivity index (χ4n) is 4.40. The highest BCUT2D eigenvalue weighted by Gasteiger charge is 2.39. The van der Waals surface area contributed by atoms with E-state index in [-0.39, 0.29) is 17.8 Å². The van der Waals surface area contributed by atoms with Crippen LogP contribution in [0, 0.1) is 5.82 Å². The third kappa shape index (κ3) is 4.02. The van der Waals surface area contributed by atoms with Gasteiger partial charge in [0.25, 0.3) is 5.91 Å². The van der Waals surface area contributed by atoms with Gasteiger partial charge in [0.1, 0.15) is 18.2 Å². The predicted octanol–water partition coefficient (Wildman–Crippen LogP) is 4.94. The number of rotatable bonds is 6. The van der Waals surface area contributed by atoms with E-state index < -0.39 is 0 Å². The monoisotopic (exact) mass is 404 g/mol. The van der Waals surface area contributed by atoms with E-state index in [0.29, 0.717) is 24.0 Å². The molecule has 2 aliphatic carbocycles. The average molecular weight is 404 g/mol. The fraction of sp³-hybridized carbons (Fsp3) is 0.360. The molecule has 5 heteroatoms. The summed E-state index contributed by atoms with van der Waals surface area (Å²) in [6.07, 6.45) is 7.21. The second kappa shape index (κ2) is 8.05. The number of hydrogen-bond donors (Lipinski definition) is 0. The largest absolute Gasteiger partial charge is 0.489 e. The molecule has 1 amide bonds. The van der Waals surface area contributed by atoms with Crippen molar-refractivity contribution in [2.45, 2.75) is 50.8 Å². The highest BCUT2D eigenvalue weighted by Crippen LogP contribution is 2.37. The number of carbonyl (C=O) groups excluding carboxylic acids is 1. The Morgan fingerprint density at radius 3 is 2.53 bits per heavy atom. The summed E-state index contributed by atoms with van der Waals surface area (Å²) in [6, 6.07) is 14.3. The van der Waals surface area contributed by atoms with Crippen molar-refractivity contribution in [3.8, 4) is 5.75 Å². The summed E-state index contributed by atoms with van der Waals surface area (Å²) in [6.45, 7) is 1.21. The van der Waals surface area contributed by atoms with Gasteiger partial charge in [-0.25, -0.2) is 4.39 Å². The molecule has 1 heterocycles. The Bertz CT molecular complexity index is 991. The van der Waals surface area contributed by atoms with E-state index in [1.807, 2.05) is 30.5 Å². The van der Waals surface area contributed by atoms with Gasteiger partial charge >= 0.3 is 0 Å². The molecule has 2 aromatic rings. The molecule has 0 aromatic heterocycles. The van der Waals surface area contributed by atoms with Crippen LogP contribution in [0.15, 0.2) is 64.7 Å². The topological polar surface area (TPSA) is 41.9 Å². The van der Waals surface area contributed by atoms with Crippen molar-refractivity contribution >= 4 is 12.1 Å². The van der Waals surface area contributed by atoms with E-state index in [1.165, 1.54) is 23.3 Å². The number of benzene rings is 2. The Balaban J connectivity index is 1.25. The molecule has 0 radical (unpaired) electrons. The SMILES string of the molecule is O=C(c1ccc(OCc2ccc(F)cc2)cc1)N(C1CC1)C1CCC2=C(C=NC2)C1. The lowest BCUT2D eigenvalue weighted by atomic mass is 9.88. The van der Waals surface area contributed by atoms with Gasteiger partial charge in [0.15, 0.2) is 0 Å². The van der Waals surface area contributed by atoms with Crippen LogP contribution < -0.4 is 4.74 Å². The third-order valence-corrected chi connectivity index (χ3v) is 6.21. The van der Waals surface area contributed by atoms with Gasteiger partial charge in [0.05, 0.1) is 6.54 Å². The van der Waals surface area contributed by atoms with Crippen molar-refractivity contribution in [1.82, 2.24) is 4.90 Å². The first kappa shape index (κ1) is 19.0. The van der Waals surface area contributed by atoms with E-state index in [1.54, 1.807) is 12.1 Å². The smallest absolute Gasteiger partial charge is 0.254 e. The first-order chi connectivity index (χ1) is 14.7. The number of aliphatic imine (C=N–C) groups is 1. The quantitative estimate of drug-likeness (QED) is 0.684. The highest BCUT2D eigenvalue weighted by atomic mass is 19.1. The fourth-order valence-corrected chi connectivity index (χ4v) is 4.40. The number of hydrogen-bond acceptors (Lipinski definition) is 3. The van der Waals surface area contributed by atoms with Crippen molar-refractivity contribution in [1.29, 1.82) is 0 Å². The van der Waals surface area contributed by atoms with Gasteiger partial charge in [-0.2, -0.15) is 0 Å². The van der Waals surface area contributed by atoms with E-state index in [9.17, 15) is 9.18 Å². The molecule has 0 spiro atoms. The molecule has 1 unspecified atom stereocenters. The minimum atomic E-state index is -0.257. The lowest BCUT2D eigenvalue weighted by Crippen LogP contribution is -2.43. The first-order valence-electron chi connectivity index (χ1n) is 10.7. The van der Waals surface area contributed by atoms with Crippen LogP contribution in [0.3, 0.4) is 0 Å². The van der Waals surface area contributed by atoms with Gasteiger partial charge in [-0.15, -0.1) is 0 Å². The van der Waals surface area contributed by atoms with Crippen LogP contribution >= 0.6 is 0 Å². The second-order valence-electron chi connectivity index (χ2n) is 8.38. The summed E-state index contributed by atoms with van der Waals surface area (Å²) < 4.78 is 18.8. The van der Waals surface area contributed by atoms with Gasteiger partial charge in [-0.05, 0) is 85.2 Å². The maximum atomic E-state index is 13.3. The molecule has 154 valence electrons. The van der Waals surface area contributed by atoms with Crippen molar-refractivity contribution < 1.29 is 13.9 Å². The Hall–Kier alpha value is -2.95. The summed E-state index contributed by atoms with van der Waals surface area (Å²) in [5.74, 6) is 0.558. The predicted molar refractivity (Wildman–Crippen MR) is 114 cm³/mol. The summed E-state index contributed by atoms with van der Waals surface area (Å²) in [5.41, 5.74) is 4.40. The molecule has 0 N–H and O–H groups in total. The van der Waals surface area contributed by atoms with Crippen LogP contribution in [0.4, 0.5) is 4.39 Å². The van der Waals surface area contributed by atoms with Crippen molar-refractivity contribution in [3.63, 3.8) is 0 Å². The summed E-state index contributed by atoms with van der Waals surface area (Å²) in [7, 11) is 0. The number of nitrogens with zero attached hydrogens (tertiary/aromatic N) is 2. The number of halogens is 1. The Kier molecular flexibility index (Phi) is 5.11. The average Bonchev–Trinajstić information content (AvgIpc) is 3.49. The zero-order valence-corrected chi connectivity index (χ0v) is 16.9. The van der Waals surface area contributed by atoms with Crippen molar-refractivity contribution in [3.05, 3.63) is 76.6 Å². The van der Waals surface area contributed by atoms with Crippen molar-refractivity contribution in [2.24, 2.45) is 4.99 Å². The second-order valence-corrected chi connectivity index (χ2v) is 8.38. The minimum absolute atomic E-state index is 0.117. The molecule has 1 fully saturated rings. The van der Waals surface area contributed by atoms with Crippen LogP contribution in [0.25, 0.3) is 0 Å². The molecule has 4 nitrogen and oxygen atoms in total. The Morgan fingerprint density at radius 1 is 1.03 bits per heavy atom. The molecule has 0 bridgehead atoms. The van der Waals surface area contributed by atoms with Crippen LogP contribution in [0.5, 0.6) is 5.75 Å². The van der Waals surface area contributed by atoms with Gasteiger partial charge < -0.3 is 9.64 Å². The number of amides is 1. The van der Waals surface area contributed by atoms with Crippen LogP contribution in [0.1, 0.15) is 48.0 Å². The number of ether oxygens (including phenoxy) is 1. The summed E-state index contributed by atoms with van der Waals surface area (Å²) in [4.78, 5) is 19.9. The summed E-state index contributed by atoms with van der Waals surface area (Å²) in [5, 5.41) is 0.